The zero-order valence-corrected chi connectivity index (χ0v) is 18.0. The minimum absolute atomic E-state index is 0.166. The molecule has 1 amide bonds. The van der Waals surface area contributed by atoms with Crippen LogP contribution in [-0.2, 0) is 19.8 Å². The number of hydrogen-bond donors (Lipinski definition) is 0. The molecule has 0 bridgehead atoms. The number of benzene rings is 2. The Hall–Kier alpha value is -2.82. The third kappa shape index (κ3) is 5.07. The highest BCUT2D eigenvalue weighted by molar-refractivity contribution is 5.95. The number of hydrogen-bond acceptors (Lipinski definition) is 6. The molecule has 2 fully saturated rings. The number of alkyl halides is 3. The number of halogens is 3. The van der Waals surface area contributed by atoms with Gasteiger partial charge in [0.05, 0.1) is 20.3 Å². The number of carbonyl (C=O) groups excluding carboxylic acids is 1. The van der Waals surface area contributed by atoms with E-state index in [2.05, 4.69) is 4.74 Å². The Labute approximate surface area is 188 Å². The molecule has 0 unspecified atom stereocenters. The van der Waals surface area contributed by atoms with E-state index in [-0.39, 0.29) is 36.9 Å². The first-order valence-corrected chi connectivity index (χ1v) is 10.4. The number of fused-ring (bicyclic) bond motifs is 1. The summed E-state index contributed by atoms with van der Waals surface area (Å²) in [4.78, 5) is 14.9. The van der Waals surface area contributed by atoms with E-state index in [4.69, 9.17) is 18.9 Å². The number of carbonyl (C=O) groups is 1. The van der Waals surface area contributed by atoms with Crippen LogP contribution in [0.2, 0.25) is 0 Å². The van der Waals surface area contributed by atoms with Crippen molar-refractivity contribution >= 4 is 5.91 Å². The Balaban J connectivity index is 1.42. The largest absolute Gasteiger partial charge is 0.522 e. The van der Waals surface area contributed by atoms with Gasteiger partial charge in [0.15, 0.2) is 11.5 Å². The third-order valence-corrected chi connectivity index (χ3v) is 5.81. The summed E-state index contributed by atoms with van der Waals surface area (Å²) < 4.78 is 62.3. The van der Waals surface area contributed by atoms with Gasteiger partial charge in [-0.2, -0.15) is 0 Å². The maximum absolute atomic E-state index is 13.2. The van der Waals surface area contributed by atoms with Gasteiger partial charge in [0, 0.05) is 18.5 Å². The van der Waals surface area contributed by atoms with Gasteiger partial charge in [0.2, 0.25) is 0 Å². The van der Waals surface area contributed by atoms with Gasteiger partial charge in [-0.1, -0.05) is 30.3 Å². The van der Waals surface area contributed by atoms with Gasteiger partial charge in [-0.25, -0.2) is 0 Å². The average molecular weight is 467 g/mol. The van der Waals surface area contributed by atoms with E-state index in [0.29, 0.717) is 25.1 Å². The van der Waals surface area contributed by atoms with Gasteiger partial charge >= 0.3 is 6.36 Å². The van der Waals surface area contributed by atoms with E-state index in [0.717, 1.165) is 5.56 Å². The molecule has 2 atom stereocenters. The molecule has 2 aromatic carbocycles. The van der Waals surface area contributed by atoms with Gasteiger partial charge in [-0.3, -0.25) is 9.53 Å². The van der Waals surface area contributed by atoms with Crippen molar-refractivity contribution in [3.63, 3.8) is 0 Å². The molecule has 10 heteroatoms. The molecule has 0 saturated carbocycles. The second kappa shape index (κ2) is 9.58. The molecule has 2 aromatic rings. The highest BCUT2D eigenvalue weighted by Gasteiger charge is 2.51. The van der Waals surface area contributed by atoms with Crippen LogP contribution in [0.15, 0.2) is 48.5 Å². The van der Waals surface area contributed by atoms with Crippen LogP contribution < -0.4 is 9.47 Å². The van der Waals surface area contributed by atoms with Crippen LogP contribution in [-0.4, -0.2) is 63.5 Å². The minimum Gasteiger partial charge on any atom is -0.493 e. The molecular formula is C23H24F3NO6. The Morgan fingerprint density at radius 3 is 2.67 bits per heavy atom. The Kier molecular flexibility index (Phi) is 6.78. The van der Waals surface area contributed by atoms with Crippen LogP contribution in [0, 0.1) is 0 Å². The summed E-state index contributed by atoms with van der Waals surface area (Å²) in [5.41, 5.74) is 0.820. The van der Waals surface area contributed by atoms with Crippen LogP contribution in [0.4, 0.5) is 13.2 Å². The molecule has 178 valence electrons. The quantitative estimate of drug-likeness (QED) is 0.579. The van der Waals surface area contributed by atoms with E-state index in [1.54, 1.807) is 11.0 Å². The fraction of sp³-hybridized carbons (Fsp3) is 0.435. The molecule has 0 N–H and O–H groups in total. The number of likely N-dealkylation sites (tertiary alicyclic amines) is 1. The van der Waals surface area contributed by atoms with Crippen molar-refractivity contribution in [3.8, 4) is 11.5 Å². The molecule has 0 aromatic heterocycles. The molecule has 0 radical (unpaired) electrons. The lowest BCUT2D eigenvalue weighted by Crippen LogP contribution is -2.53. The van der Waals surface area contributed by atoms with E-state index in [1.165, 1.54) is 19.2 Å². The predicted molar refractivity (Wildman–Crippen MR) is 110 cm³/mol. The minimum atomic E-state index is -4.72. The molecular weight excluding hydrogens is 443 g/mol. The van der Waals surface area contributed by atoms with Crippen LogP contribution in [0.25, 0.3) is 0 Å². The monoisotopic (exact) mass is 467 g/mol. The van der Waals surface area contributed by atoms with Crippen molar-refractivity contribution < 1.29 is 41.7 Å². The van der Waals surface area contributed by atoms with Crippen molar-refractivity contribution in [1.82, 2.24) is 4.90 Å². The number of methoxy groups -OCH3 is 1. The predicted octanol–water partition coefficient (Wildman–Crippen LogP) is 3.72. The average Bonchev–Trinajstić information content (AvgIpc) is 3.26. The van der Waals surface area contributed by atoms with Crippen LogP contribution >= 0.6 is 0 Å². The van der Waals surface area contributed by atoms with Crippen molar-refractivity contribution in [3.05, 3.63) is 59.7 Å². The Morgan fingerprint density at radius 2 is 1.94 bits per heavy atom. The zero-order valence-electron chi connectivity index (χ0n) is 18.0. The van der Waals surface area contributed by atoms with Crippen molar-refractivity contribution in [2.45, 2.75) is 24.5 Å². The molecule has 0 spiro atoms. The van der Waals surface area contributed by atoms with E-state index in [9.17, 15) is 18.0 Å². The molecule has 4 rings (SSSR count). The topological polar surface area (TPSA) is 66.5 Å². The lowest BCUT2D eigenvalue weighted by atomic mass is 9.82. The standard InChI is InChI=1S/C23H24F3NO6/c1-29-19-13-16(7-8-18(19)30-11-12-32-23(24,25)26)21(28)27-10-9-22(17-5-3-2-4-6-17)20(14-27)31-15-33-22/h2-8,13,20H,9-12,14-15H2,1H3/t20-,22-/m1/s1. The SMILES string of the molecule is COc1cc(C(=O)N2CC[C@]3(c4ccccc4)OCO[C@@H]3C2)ccc1OCCOC(F)(F)F. The molecule has 2 heterocycles. The number of ether oxygens (including phenoxy) is 5. The lowest BCUT2D eigenvalue weighted by Gasteiger charge is -2.42. The third-order valence-electron chi connectivity index (χ3n) is 5.81. The van der Waals surface area contributed by atoms with Gasteiger partial charge in [0.1, 0.15) is 25.1 Å². The van der Waals surface area contributed by atoms with Gasteiger partial charge < -0.3 is 23.8 Å². The zero-order chi connectivity index (χ0) is 23.5. The number of nitrogens with zero attached hydrogens (tertiary/aromatic N) is 1. The van der Waals surface area contributed by atoms with Crippen molar-refractivity contribution in [1.29, 1.82) is 0 Å². The fourth-order valence-electron chi connectivity index (χ4n) is 4.20. The maximum Gasteiger partial charge on any atom is 0.522 e. The first-order chi connectivity index (χ1) is 15.8. The summed E-state index contributed by atoms with van der Waals surface area (Å²) in [7, 11) is 1.39. The van der Waals surface area contributed by atoms with Gasteiger partial charge in [-0.05, 0) is 23.8 Å². The smallest absolute Gasteiger partial charge is 0.493 e. The van der Waals surface area contributed by atoms with Gasteiger partial charge in [0.25, 0.3) is 5.91 Å². The molecule has 7 nitrogen and oxygen atoms in total. The van der Waals surface area contributed by atoms with E-state index >= 15 is 0 Å². The van der Waals surface area contributed by atoms with E-state index in [1.807, 2.05) is 30.3 Å². The summed E-state index contributed by atoms with van der Waals surface area (Å²) in [5, 5.41) is 0. The van der Waals surface area contributed by atoms with E-state index < -0.39 is 18.6 Å². The van der Waals surface area contributed by atoms with Crippen molar-refractivity contribution in [2.75, 3.05) is 40.2 Å². The summed E-state index contributed by atoms with van der Waals surface area (Å²) in [6.07, 6.45) is -4.43. The highest BCUT2D eigenvalue weighted by Crippen LogP contribution is 2.42. The second-order valence-corrected chi connectivity index (χ2v) is 7.68. The second-order valence-electron chi connectivity index (χ2n) is 7.68. The molecule has 2 aliphatic rings. The lowest BCUT2D eigenvalue weighted by molar-refractivity contribution is -0.325. The number of amides is 1. The molecule has 33 heavy (non-hydrogen) atoms. The first-order valence-electron chi connectivity index (χ1n) is 10.4. The summed E-state index contributed by atoms with van der Waals surface area (Å²) in [5.74, 6) is 0.246. The molecule has 2 saturated heterocycles. The first kappa shape index (κ1) is 23.3. The van der Waals surface area contributed by atoms with Crippen LogP contribution in [0.1, 0.15) is 22.3 Å². The Bertz CT molecular complexity index is 970. The highest BCUT2D eigenvalue weighted by atomic mass is 19.4. The van der Waals surface area contributed by atoms with Crippen LogP contribution in [0.5, 0.6) is 11.5 Å². The normalized spacial score (nSPS) is 22.7. The Morgan fingerprint density at radius 1 is 1.15 bits per heavy atom. The number of rotatable bonds is 7. The molecule has 2 aliphatic heterocycles. The number of piperidine rings is 1. The summed E-state index contributed by atoms with van der Waals surface area (Å²) in [6.45, 7) is 0.0229. The van der Waals surface area contributed by atoms with Crippen molar-refractivity contribution in [2.24, 2.45) is 0 Å². The van der Waals surface area contributed by atoms with Crippen LogP contribution in [0.3, 0.4) is 0 Å². The fourth-order valence-corrected chi connectivity index (χ4v) is 4.20. The summed E-state index contributed by atoms with van der Waals surface area (Å²) >= 11 is 0. The maximum atomic E-state index is 13.2. The summed E-state index contributed by atoms with van der Waals surface area (Å²) in [6, 6.07) is 14.4. The molecule has 0 aliphatic carbocycles. The van der Waals surface area contributed by atoms with Gasteiger partial charge in [-0.15, -0.1) is 13.2 Å².